The number of nitrogens with one attached hydrogen (secondary N) is 1. The molecule has 1 unspecified atom stereocenters. The molecule has 8 heteroatoms. The molecule has 1 amide bonds. The minimum absolute atomic E-state index is 0.0491. The molecule has 0 radical (unpaired) electrons. The molecule has 0 spiro atoms. The van der Waals surface area contributed by atoms with Gasteiger partial charge in [0.2, 0.25) is 5.91 Å². The smallest absolute Gasteiger partial charge is 0.335 e. The van der Waals surface area contributed by atoms with Crippen molar-refractivity contribution in [3.05, 3.63) is 65.7 Å². The van der Waals surface area contributed by atoms with Crippen LogP contribution in [0.25, 0.3) is 0 Å². The molecule has 4 rings (SSSR count). The number of ether oxygens (including phenoxy) is 2. The van der Waals surface area contributed by atoms with E-state index in [9.17, 15) is 9.59 Å². The Hall–Kier alpha value is -2.17. The lowest BCUT2D eigenvalue weighted by atomic mass is 9.93. The number of rotatable bonds is 9. The van der Waals surface area contributed by atoms with E-state index in [-0.39, 0.29) is 11.5 Å². The fourth-order valence-electron chi connectivity index (χ4n) is 4.12. The minimum Gasteiger partial charge on any atom is -0.492 e. The summed E-state index contributed by atoms with van der Waals surface area (Å²) in [5.74, 6) is -0.201. The van der Waals surface area contributed by atoms with Crippen LogP contribution in [0.1, 0.15) is 35.2 Å². The Balaban J connectivity index is 0.00000149. The van der Waals surface area contributed by atoms with Gasteiger partial charge in [-0.25, -0.2) is 4.79 Å². The number of carboxylic acid groups (broad SMARTS) is 1. The van der Waals surface area contributed by atoms with Crippen LogP contribution in [0, 0.1) is 0 Å². The highest BCUT2D eigenvalue weighted by molar-refractivity contribution is 14.1. The number of amides is 1. The van der Waals surface area contributed by atoms with Crippen LogP contribution >= 0.6 is 22.6 Å². The van der Waals surface area contributed by atoms with E-state index in [1.165, 1.54) is 0 Å². The zero-order chi connectivity index (χ0) is 23.9. The zero-order valence-electron chi connectivity index (χ0n) is 19.1. The molecule has 2 aromatic carbocycles. The molecule has 1 saturated carbocycles. The van der Waals surface area contributed by atoms with Crippen molar-refractivity contribution in [3.63, 3.8) is 0 Å². The molecular weight excluding hydrogens is 535 g/mol. The summed E-state index contributed by atoms with van der Waals surface area (Å²) in [6, 6.07) is 16.4. The molecule has 1 saturated heterocycles. The zero-order valence-corrected chi connectivity index (χ0v) is 21.2. The molecule has 2 aliphatic rings. The van der Waals surface area contributed by atoms with Crippen molar-refractivity contribution < 1.29 is 24.2 Å². The van der Waals surface area contributed by atoms with Crippen molar-refractivity contribution in [1.82, 2.24) is 10.2 Å². The van der Waals surface area contributed by atoms with E-state index in [1.54, 1.807) is 24.3 Å². The van der Waals surface area contributed by atoms with Gasteiger partial charge in [0.15, 0.2) is 0 Å². The predicted molar refractivity (Wildman–Crippen MR) is 135 cm³/mol. The Morgan fingerprint density at radius 1 is 1.09 bits per heavy atom. The maximum atomic E-state index is 13.5. The number of likely N-dealkylation sites (N-methyl/N-ethyl adjacent to an activating group) is 1. The number of carbonyl (C=O) groups excluding carboxylic acids is 1. The molecule has 1 heterocycles. The van der Waals surface area contributed by atoms with E-state index in [4.69, 9.17) is 14.6 Å². The number of para-hydroxylation sites is 1. The van der Waals surface area contributed by atoms with Crippen molar-refractivity contribution in [2.45, 2.75) is 30.3 Å². The average molecular weight is 566 g/mol. The largest absolute Gasteiger partial charge is 0.492 e. The molecule has 2 fully saturated rings. The van der Waals surface area contributed by atoms with Gasteiger partial charge in [-0.1, -0.05) is 52.9 Å². The SMILES string of the molecule is CI.CN(CCOc1ccccc1)C1(C(=O)NC2(c3ccc(C(=O)O)cc3)CC2)CCOC1. The number of aromatic carboxylic acids is 1. The summed E-state index contributed by atoms with van der Waals surface area (Å²) < 4.78 is 11.5. The fraction of sp³-hybridized carbons (Fsp3) is 0.440. The van der Waals surface area contributed by atoms with Gasteiger partial charge in [-0.2, -0.15) is 0 Å². The average Bonchev–Trinajstić information content (AvgIpc) is 3.44. The molecule has 2 N–H and O–H groups in total. The van der Waals surface area contributed by atoms with Crippen LogP contribution in [0.5, 0.6) is 5.75 Å². The first-order valence-corrected chi connectivity index (χ1v) is 13.1. The number of benzene rings is 2. The Morgan fingerprint density at radius 3 is 2.30 bits per heavy atom. The molecule has 178 valence electrons. The third kappa shape index (κ3) is 5.85. The van der Waals surface area contributed by atoms with E-state index in [0.29, 0.717) is 32.8 Å². The van der Waals surface area contributed by atoms with Crippen LogP contribution in [0.15, 0.2) is 54.6 Å². The second kappa shape index (κ2) is 11.3. The van der Waals surface area contributed by atoms with E-state index in [2.05, 4.69) is 27.9 Å². The molecule has 2 aromatic rings. The molecule has 1 aliphatic heterocycles. The first-order valence-electron chi connectivity index (χ1n) is 11.0. The lowest BCUT2D eigenvalue weighted by Gasteiger charge is -2.37. The summed E-state index contributed by atoms with van der Waals surface area (Å²) >= 11 is 2.15. The van der Waals surface area contributed by atoms with Crippen LogP contribution in [0.3, 0.4) is 0 Å². The Bertz CT molecular complexity index is 926. The molecular formula is C25H31IN2O5. The van der Waals surface area contributed by atoms with Gasteiger partial charge in [-0.3, -0.25) is 9.69 Å². The van der Waals surface area contributed by atoms with Gasteiger partial charge in [0.05, 0.1) is 17.7 Å². The molecule has 0 bridgehead atoms. The van der Waals surface area contributed by atoms with Gasteiger partial charge in [0, 0.05) is 19.6 Å². The second-order valence-corrected chi connectivity index (χ2v) is 8.34. The Kier molecular flexibility index (Phi) is 8.72. The quantitative estimate of drug-likeness (QED) is 0.356. The van der Waals surface area contributed by atoms with Gasteiger partial charge in [-0.05, 0) is 54.6 Å². The third-order valence-electron chi connectivity index (χ3n) is 6.38. The number of carbonyl (C=O) groups is 2. The first kappa shape index (κ1) is 25.5. The molecule has 1 aliphatic carbocycles. The predicted octanol–water partition coefficient (Wildman–Crippen LogP) is 3.71. The fourth-order valence-corrected chi connectivity index (χ4v) is 4.12. The number of halogens is 1. The van der Waals surface area contributed by atoms with Crippen LogP contribution in [0.2, 0.25) is 0 Å². The molecule has 1 atom stereocenters. The highest BCUT2D eigenvalue weighted by Crippen LogP contribution is 2.46. The second-order valence-electron chi connectivity index (χ2n) is 8.34. The number of carboxylic acids is 1. The number of nitrogens with zero attached hydrogens (tertiary/aromatic N) is 1. The van der Waals surface area contributed by atoms with Crippen molar-refractivity contribution in [2.24, 2.45) is 0 Å². The van der Waals surface area contributed by atoms with E-state index in [0.717, 1.165) is 24.2 Å². The molecule has 0 aromatic heterocycles. The molecule has 33 heavy (non-hydrogen) atoms. The van der Waals surface area contributed by atoms with E-state index in [1.807, 2.05) is 47.2 Å². The van der Waals surface area contributed by atoms with Crippen LogP contribution < -0.4 is 10.1 Å². The number of hydrogen-bond acceptors (Lipinski definition) is 5. The first-order chi connectivity index (χ1) is 16.0. The van der Waals surface area contributed by atoms with E-state index >= 15 is 0 Å². The summed E-state index contributed by atoms with van der Waals surface area (Å²) in [7, 11) is 1.93. The minimum atomic E-state index is -0.957. The van der Waals surface area contributed by atoms with Gasteiger partial charge in [-0.15, -0.1) is 0 Å². The van der Waals surface area contributed by atoms with Gasteiger partial charge < -0.3 is 19.9 Å². The lowest BCUT2D eigenvalue weighted by Crippen LogP contribution is -2.60. The van der Waals surface area contributed by atoms with E-state index < -0.39 is 17.0 Å². The summed E-state index contributed by atoms with van der Waals surface area (Å²) in [4.78, 5) is 28.6. The van der Waals surface area contributed by atoms with Gasteiger partial charge >= 0.3 is 5.97 Å². The topological polar surface area (TPSA) is 88.1 Å². The third-order valence-corrected chi connectivity index (χ3v) is 6.38. The van der Waals surface area contributed by atoms with Gasteiger partial charge in [0.25, 0.3) is 0 Å². The maximum absolute atomic E-state index is 13.5. The maximum Gasteiger partial charge on any atom is 0.335 e. The normalized spacial score (nSPS) is 20.5. The lowest BCUT2D eigenvalue weighted by molar-refractivity contribution is -0.134. The summed E-state index contributed by atoms with van der Waals surface area (Å²) in [5, 5.41) is 12.4. The van der Waals surface area contributed by atoms with Crippen LogP contribution in [0.4, 0.5) is 0 Å². The van der Waals surface area contributed by atoms with Gasteiger partial charge in [0.1, 0.15) is 17.9 Å². The highest BCUT2D eigenvalue weighted by Gasteiger charge is 2.52. The monoisotopic (exact) mass is 566 g/mol. The number of hydrogen-bond donors (Lipinski definition) is 2. The van der Waals surface area contributed by atoms with Crippen molar-refractivity contribution in [2.75, 3.05) is 38.3 Å². The van der Waals surface area contributed by atoms with Crippen molar-refractivity contribution >= 4 is 34.5 Å². The standard InChI is InChI=1S/C24H28N2O5.CH3I/c1-26(14-16-31-20-5-3-2-4-6-20)24(13-15-30-17-24)22(29)25-23(11-12-23)19-9-7-18(8-10-19)21(27)28;1-2/h2-10H,11-17H2,1H3,(H,25,29)(H,27,28);1H3. The summed E-state index contributed by atoms with van der Waals surface area (Å²) in [6.45, 7) is 1.94. The summed E-state index contributed by atoms with van der Waals surface area (Å²) in [6.07, 6.45) is 2.29. The Labute approximate surface area is 208 Å². The van der Waals surface area contributed by atoms with Crippen LogP contribution in [-0.2, 0) is 15.1 Å². The summed E-state index contributed by atoms with van der Waals surface area (Å²) in [5.41, 5.74) is 0.0153. The number of alkyl halides is 1. The van der Waals surface area contributed by atoms with Crippen LogP contribution in [-0.4, -0.2) is 65.8 Å². The highest BCUT2D eigenvalue weighted by atomic mass is 127. The van der Waals surface area contributed by atoms with Crippen molar-refractivity contribution in [3.8, 4) is 5.75 Å². The van der Waals surface area contributed by atoms with Crippen molar-refractivity contribution in [1.29, 1.82) is 0 Å². The molecule has 7 nitrogen and oxygen atoms in total. The Morgan fingerprint density at radius 2 is 1.76 bits per heavy atom.